The van der Waals surface area contributed by atoms with Gasteiger partial charge in [0.15, 0.2) is 0 Å². The van der Waals surface area contributed by atoms with Crippen LogP contribution in [-0.4, -0.2) is 57.1 Å². The number of carboxylic acids is 1. The maximum Gasteiger partial charge on any atom is 0.326 e. The Morgan fingerprint density at radius 1 is 1.36 bits per heavy atom. The minimum absolute atomic E-state index is 0.0162. The van der Waals surface area contributed by atoms with E-state index in [4.69, 9.17) is 4.74 Å². The van der Waals surface area contributed by atoms with Gasteiger partial charge in [0, 0.05) is 19.8 Å². The van der Waals surface area contributed by atoms with Crippen LogP contribution in [0, 0.1) is 0 Å². The maximum absolute atomic E-state index is 12.7. The monoisotopic (exact) mass is 350 g/mol. The zero-order valence-corrected chi connectivity index (χ0v) is 14.9. The fourth-order valence-electron chi connectivity index (χ4n) is 3.77. The van der Waals surface area contributed by atoms with Crippen molar-refractivity contribution in [1.29, 1.82) is 0 Å². The van der Waals surface area contributed by atoms with Crippen LogP contribution in [0.5, 0.6) is 0 Å². The number of aliphatic carboxylic acids is 1. The molecule has 2 aliphatic rings. The first kappa shape index (κ1) is 17.7. The molecule has 138 valence electrons. The van der Waals surface area contributed by atoms with Crippen LogP contribution in [0.1, 0.15) is 39.5 Å². The van der Waals surface area contributed by atoms with Crippen molar-refractivity contribution < 1.29 is 19.4 Å². The highest BCUT2D eigenvalue weighted by molar-refractivity contribution is 5.90. The Balaban J connectivity index is 1.67. The largest absolute Gasteiger partial charge is 0.480 e. The fraction of sp³-hybridized carbons (Fsp3) is 0.706. The van der Waals surface area contributed by atoms with Gasteiger partial charge < -0.3 is 20.1 Å². The molecule has 3 unspecified atom stereocenters. The molecular formula is C17H26N4O4. The summed E-state index contributed by atoms with van der Waals surface area (Å²) in [5.41, 5.74) is 0.518. The summed E-state index contributed by atoms with van der Waals surface area (Å²) in [5.74, 6) is -1.07. The van der Waals surface area contributed by atoms with E-state index in [1.165, 1.54) is 0 Å². The Bertz CT molecular complexity index is 657. The normalized spacial score (nSPS) is 28.3. The second-order valence-electron chi connectivity index (χ2n) is 7.51. The average Bonchev–Trinajstić information content (AvgIpc) is 3.22. The number of carbonyl (C=O) groups is 2. The molecule has 2 fully saturated rings. The van der Waals surface area contributed by atoms with Gasteiger partial charge in [0.1, 0.15) is 12.1 Å². The molecule has 0 radical (unpaired) electrons. The minimum Gasteiger partial charge on any atom is -0.480 e. The van der Waals surface area contributed by atoms with Crippen LogP contribution in [-0.2, 0) is 21.4 Å². The highest BCUT2D eigenvalue weighted by Crippen LogP contribution is 2.31. The van der Waals surface area contributed by atoms with Crippen molar-refractivity contribution in [3.63, 3.8) is 0 Å². The van der Waals surface area contributed by atoms with Crippen molar-refractivity contribution in [1.82, 2.24) is 15.1 Å². The van der Waals surface area contributed by atoms with Gasteiger partial charge in [0.2, 0.25) is 5.91 Å². The Kier molecular flexibility index (Phi) is 4.73. The van der Waals surface area contributed by atoms with Crippen LogP contribution in [0.4, 0.5) is 5.69 Å². The van der Waals surface area contributed by atoms with Gasteiger partial charge in [-0.15, -0.1) is 0 Å². The van der Waals surface area contributed by atoms with Crippen LogP contribution < -0.4 is 10.2 Å². The lowest BCUT2D eigenvalue weighted by molar-refractivity contribution is -0.138. The minimum atomic E-state index is -0.917. The first-order valence-corrected chi connectivity index (χ1v) is 8.72. The summed E-state index contributed by atoms with van der Waals surface area (Å²) >= 11 is 0. The first-order valence-electron chi connectivity index (χ1n) is 8.72. The van der Waals surface area contributed by atoms with E-state index in [-0.39, 0.29) is 17.6 Å². The summed E-state index contributed by atoms with van der Waals surface area (Å²) in [6.45, 7) is 4.55. The molecule has 1 aromatic rings. The number of aromatic nitrogens is 2. The van der Waals surface area contributed by atoms with Crippen molar-refractivity contribution >= 4 is 17.6 Å². The number of hydrogen-bond donors (Lipinski definition) is 2. The number of hydrogen-bond acceptors (Lipinski definition) is 5. The van der Waals surface area contributed by atoms with Crippen LogP contribution in [0.25, 0.3) is 0 Å². The van der Waals surface area contributed by atoms with E-state index < -0.39 is 18.1 Å². The van der Waals surface area contributed by atoms with Gasteiger partial charge in [0.25, 0.3) is 0 Å². The fourth-order valence-corrected chi connectivity index (χ4v) is 3.77. The number of nitrogens with one attached hydrogen (secondary N) is 1. The quantitative estimate of drug-likeness (QED) is 0.820. The lowest BCUT2D eigenvalue weighted by atomic mass is 10.1. The Hall–Kier alpha value is -2.09. The summed E-state index contributed by atoms with van der Waals surface area (Å²) in [7, 11) is 1.77. The van der Waals surface area contributed by atoms with E-state index in [0.717, 1.165) is 12.8 Å². The number of rotatable bonds is 5. The Morgan fingerprint density at radius 3 is 2.64 bits per heavy atom. The molecule has 3 heterocycles. The summed E-state index contributed by atoms with van der Waals surface area (Å²) in [5, 5.41) is 16.5. The van der Waals surface area contributed by atoms with Crippen molar-refractivity contribution in [3.8, 4) is 0 Å². The molecule has 0 aliphatic carbocycles. The molecule has 8 nitrogen and oxygen atoms in total. The van der Waals surface area contributed by atoms with Crippen molar-refractivity contribution in [2.45, 2.75) is 63.3 Å². The average molecular weight is 350 g/mol. The van der Waals surface area contributed by atoms with Crippen molar-refractivity contribution in [2.24, 2.45) is 7.05 Å². The number of amides is 1. The van der Waals surface area contributed by atoms with Crippen molar-refractivity contribution in [2.75, 3.05) is 11.4 Å². The van der Waals surface area contributed by atoms with E-state index in [1.54, 1.807) is 29.0 Å². The number of carboxylic acid groups (broad SMARTS) is 1. The van der Waals surface area contributed by atoms with Gasteiger partial charge in [0.05, 0.1) is 23.6 Å². The molecule has 0 bridgehead atoms. The molecule has 25 heavy (non-hydrogen) atoms. The third kappa shape index (κ3) is 3.78. The van der Waals surface area contributed by atoms with Gasteiger partial charge >= 0.3 is 5.97 Å². The van der Waals surface area contributed by atoms with Gasteiger partial charge in [-0.05, 0) is 39.5 Å². The van der Waals surface area contributed by atoms with E-state index in [2.05, 4.69) is 10.4 Å². The van der Waals surface area contributed by atoms with Gasteiger partial charge in [-0.2, -0.15) is 5.10 Å². The van der Waals surface area contributed by atoms with E-state index in [1.807, 2.05) is 13.8 Å². The summed E-state index contributed by atoms with van der Waals surface area (Å²) in [4.78, 5) is 25.9. The second kappa shape index (κ2) is 6.67. The van der Waals surface area contributed by atoms with Crippen LogP contribution in [0.15, 0.2) is 12.4 Å². The van der Waals surface area contributed by atoms with Crippen LogP contribution in [0.3, 0.4) is 0 Å². The number of carbonyl (C=O) groups excluding carboxylic acids is 1. The van der Waals surface area contributed by atoms with Crippen LogP contribution >= 0.6 is 0 Å². The smallest absolute Gasteiger partial charge is 0.326 e. The number of ether oxygens (including phenoxy) is 1. The number of anilines is 1. The zero-order chi connectivity index (χ0) is 18.2. The van der Waals surface area contributed by atoms with Gasteiger partial charge in [-0.3, -0.25) is 9.48 Å². The Morgan fingerprint density at radius 2 is 2.08 bits per heavy atom. The maximum atomic E-state index is 12.7. The third-order valence-electron chi connectivity index (χ3n) is 5.02. The molecule has 3 rings (SSSR count). The molecule has 2 N–H and O–H groups in total. The molecule has 2 aliphatic heterocycles. The SMILES string of the molecule is Cn1cc(N2C(C(=O)O)CCC2C(=O)NCC2CCC(C)(C)O2)cn1. The van der Waals surface area contributed by atoms with E-state index in [0.29, 0.717) is 25.1 Å². The first-order chi connectivity index (χ1) is 11.8. The summed E-state index contributed by atoms with van der Waals surface area (Å²) in [6, 6.07) is -1.21. The molecule has 0 spiro atoms. The molecular weight excluding hydrogens is 324 g/mol. The predicted octanol–water partition coefficient (Wildman–Crippen LogP) is 0.916. The van der Waals surface area contributed by atoms with E-state index >= 15 is 0 Å². The predicted molar refractivity (Wildman–Crippen MR) is 91.3 cm³/mol. The standard InChI is InChI=1S/C17H26N4O4/c1-17(2)7-6-12(25-17)9-18-15(22)13-4-5-14(16(23)24)21(13)11-8-19-20(3)10-11/h8,10,12-14H,4-7,9H2,1-3H3,(H,18,22)(H,23,24). The molecule has 1 amide bonds. The number of nitrogens with zero attached hydrogens (tertiary/aromatic N) is 3. The highest BCUT2D eigenvalue weighted by atomic mass is 16.5. The van der Waals surface area contributed by atoms with Gasteiger partial charge in [-0.1, -0.05) is 0 Å². The van der Waals surface area contributed by atoms with Crippen LogP contribution in [0.2, 0.25) is 0 Å². The third-order valence-corrected chi connectivity index (χ3v) is 5.02. The molecule has 3 atom stereocenters. The lowest BCUT2D eigenvalue weighted by Crippen LogP contribution is -2.49. The van der Waals surface area contributed by atoms with Gasteiger partial charge in [-0.25, -0.2) is 4.79 Å². The van der Waals surface area contributed by atoms with Crippen molar-refractivity contribution in [3.05, 3.63) is 12.4 Å². The molecule has 1 aromatic heterocycles. The summed E-state index contributed by atoms with van der Waals surface area (Å²) < 4.78 is 7.51. The van der Waals surface area contributed by atoms with E-state index in [9.17, 15) is 14.7 Å². The number of aryl methyl sites for hydroxylation is 1. The zero-order valence-electron chi connectivity index (χ0n) is 14.9. The lowest BCUT2D eigenvalue weighted by Gasteiger charge is -2.28. The second-order valence-corrected chi connectivity index (χ2v) is 7.51. The summed E-state index contributed by atoms with van der Waals surface area (Å²) in [6.07, 6.45) is 6.20. The Labute approximate surface area is 147 Å². The highest BCUT2D eigenvalue weighted by Gasteiger charge is 2.42. The molecule has 8 heteroatoms. The molecule has 0 saturated carbocycles. The topological polar surface area (TPSA) is 96.7 Å². The molecule has 0 aromatic carbocycles. The molecule has 2 saturated heterocycles.